The molecule has 374 valence electrons. The quantitative estimate of drug-likeness (QED) is 0.0321. The molecule has 0 spiro atoms. The number of rotatable bonds is 52. The Bertz CT molecular complexity index is 955. The van der Waals surface area contributed by atoms with Crippen molar-refractivity contribution in [2.45, 2.75) is 334 Å². The molecule has 3 unspecified atom stereocenters. The molecule has 6 nitrogen and oxygen atoms in total. The lowest BCUT2D eigenvalue weighted by atomic mass is 10.0. The van der Waals surface area contributed by atoms with Gasteiger partial charge in [-0.15, -0.1) is 0 Å². The minimum Gasteiger partial charge on any atom is -0.462 e. The number of hydrogen-bond donors (Lipinski definition) is 3. The fourth-order valence-corrected chi connectivity index (χ4v) is 9.02. The van der Waals surface area contributed by atoms with Gasteiger partial charge in [0.2, 0.25) is 5.91 Å². The highest BCUT2D eigenvalue weighted by Gasteiger charge is 2.24. The Kier molecular flexibility index (Phi) is 50.4. The lowest BCUT2D eigenvalue weighted by Crippen LogP contribution is -2.46. The SMILES string of the molecule is CCCCCCCCCCC/C=C/CCCCCCCC(=O)OC(CCCCCCCCCCCCCCCCCC)CC(=O)NC(CO)C(O)CCCCCCCCCCCC. The van der Waals surface area contributed by atoms with Crippen LogP contribution in [0.2, 0.25) is 0 Å². The van der Waals surface area contributed by atoms with E-state index >= 15 is 0 Å². The van der Waals surface area contributed by atoms with Gasteiger partial charge in [0.15, 0.2) is 0 Å². The number of unbranched alkanes of at least 4 members (excludes halogenated alkanes) is 38. The van der Waals surface area contributed by atoms with Gasteiger partial charge in [-0.1, -0.05) is 264 Å². The largest absolute Gasteiger partial charge is 0.462 e. The van der Waals surface area contributed by atoms with Crippen LogP contribution in [-0.2, 0) is 14.3 Å². The summed E-state index contributed by atoms with van der Waals surface area (Å²) < 4.78 is 5.96. The van der Waals surface area contributed by atoms with E-state index in [-0.39, 0.29) is 24.9 Å². The summed E-state index contributed by atoms with van der Waals surface area (Å²) in [7, 11) is 0. The summed E-state index contributed by atoms with van der Waals surface area (Å²) >= 11 is 0. The molecule has 3 N–H and O–H groups in total. The van der Waals surface area contributed by atoms with E-state index in [1.165, 1.54) is 218 Å². The van der Waals surface area contributed by atoms with Gasteiger partial charge in [-0.05, 0) is 51.4 Å². The van der Waals surface area contributed by atoms with E-state index in [2.05, 4.69) is 38.2 Å². The van der Waals surface area contributed by atoms with Crippen molar-refractivity contribution in [2.75, 3.05) is 6.61 Å². The molecule has 0 saturated carbocycles. The predicted molar refractivity (Wildman–Crippen MR) is 273 cm³/mol. The maximum Gasteiger partial charge on any atom is 0.306 e. The zero-order valence-corrected chi connectivity index (χ0v) is 42.7. The van der Waals surface area contributed by atoms with E-state index in [0.717, 1.165) is 51.4 Å². The second kappa shape index (κ2) is 51.6. The summed E-state index contributed by atoms with van der Waals surface area (Å²) in [5.41, 5.74) is 0. The van der Waals surface area contributed by atoms with Crippen LogP contribution in [0.5, 0.6) is 0 Å². The number of allylic oxidation sites excluding steroid dienone is 2. The predicted octanol–water partition coefficient (Wildman–Crippen LogP) is 17.3. The van der Waals surface area contributed by atoms with E-state index in [4.69, 9.17) is 4.74 Å². The average Bonchev–Trinajstić information content (AvgIpc) is 3.28. The first-order chi connectivity index (χ1) is 31.0. The Morgan fingerprint density at radius 3 is 1.13 bits per heavy atom. The van der Waals surface area contributed by atoms with Crippen molar-refractivity contribution in [1.82, 2.24) is 5.32 Å². The molecule has 0 saturated heterocycles. The van der Waals surface area contributed by atoms with Gasteiger partial charge in [-0.3, -0.25) is 9.59 Å². The van der Waals surface area contributed by atoms with Crippen LogP contribution < -0.4 is 5.32 Å². The molecule has 0 aliphatic carbocycles. The van der Waals surface area contributed by atoms with Gasteiger partial charge in [0.05, 0.1) is 25.2 Å². The van der Waals surface area contributed by atoms with Crippen molar-refractivity contribution in [3.05, 3.63) is 12.2 Å². The molecular weight excluding hydrogens is 779 g/mol. The van der Waals surface area contributed by atoms with Crippen molar-refractivity contribution in [2.24, 2.45) is 0 Å². The molecule has 0 aromatic rings. The number of aliphatic hydroxyl groups is 2. The molecule has 0 aromatic heterocycles. The van der Waals surface area contributed by atoms with Crippen molar-refractivity contribution >= 4 is 11.9 Å². The molecule has 63 heavy (non-hydrogen) atoms. The summed E-state index contributed by atoms with van der Waals surface area (Å²) in [4.78, 5) is 26.2. The first-order valence-corrected chi connectivity index (χ1v) is 28.4. The van der Waals surface area contributed by atoms with Crippen LogP contribution in [0.4, 0.5) is 0 Å². The summed E-state index contributed by atoms with van der Waals surface area (Å²) in [6, 6.07) is -0.696. The first-order valence-electron chi connectivity index (χ1n) is 28.4. The number of amides is 1. The Labute approximate surface area is 393 Å². The lowest BCUT2D eigenvalue weighted by molar-refractivity contribution is -0.151. The molecule has 6 heteroatoms. The maximum atomic E-state index is 13.2. The third-order valence-corrected chi connectivity index (χ3v) is 13.3. The summed E-state index contributed by atoms with van der Waals surface area (Å²) in [6.45, 7) is 6.51. The molecule has 1 amide bonds. The number of hydrogen-bond acceptors (Lipinski definition) is 5. The molecule has 0 rings (SSSR count). The minimum atomic E-state index is -0.783. The van der Waals surface area contributed by atoms with Crippen molar-refractivity contribution < 1.29 is 24.5 Å². The molecule has 0 aromatic carbocycles. The van der Waals surface area contributed by atoms with Crippen LogP contribution in [0.1, 0.15) is 316 Å². The molecular formula is C57H111NO5. The Balaban J connectivity index is 4.50. The van der Waals surface area contributed by atoms with Crippen LogP contribution in [0.3, 0.4) is 0 Å². The van der Waals surface area contributed by atoms with Crippen molar-refractivity contribution in [1.29, 1.82) is 0 Å². The maximum absolute atomic E-state index is 13.2. The van der Waals surface area contributed by atoms with Crippen LogP contribution in [0.25, 0.3) is 0 Å². The van der Waals surface area contributed by atoms with E-state index in [9.17, 15) is 19.8 Å². The fraction of sp³-hybridized carbons (Fsp3) is 0.930. The number of aliphatic hydroxyl groups excluding tert-OH is 2. The lowest BCUT2D eigenvalue weighted by Gasteiger charge is -2.24. The molecule has 0 aliphatic rings. The van der Waals surface area contributed by atoms with Gasteiger partial charge in [0.25, 0.3) is 0 Å². The summed E-state index contributed by atoms with van der Waals surface area (Å²) in [6.07, 6.45) is 58.5. The van der Waals surface area contributed by atoms with Gasteiger partial charge >= 0.3 is 5.97 Å². The molecule has 0 bridgehead atoms. The van der Waals surface area contributed by atoms with Gasteiger partial charge in [0.1, 0.15) is 6.10 Å². The van der Waals surface area contributed by atoms with Crippen LogP contribution in [-0.4, -0.2) is 46.9 Å². The van der Waals surface area contributed by atoms with Crippen LogP contribution in [0.15, 0.2) is 12.2 Å². The normalized spacial score (nSPS) is 13.2. The number of nitrogens with one attached hydrogen (secondary N) is 1. The zero-order chi connectivity index (χ0) is 45.9. The first kappa shape index (κ1) is 61.6. The van der Waals surface area contributed by atoms with E-state index in [1.807, 2.05) is 0 Å². The third-order valence-electron chi connectivity index (χ3n) is 13.3. The standard InChI is InChI=1S/C57H111NO5/c1-4-7-10-13-16-19-22-24-26-28-29-31-33-35-38-41-44-47-50-57(62)63-53(48-45-42-39-36-34-32-30-27-25-23-20-17-14-11-8-5-2)51-56(61)58-54(52-59)55(60)49-46-43-40-37-21-18-15-12-9-6-3/h29,31,53-55,59-60H,4-28,30,32-52H2,1-3H3,(H,58,61)/b31-29+. The van der Waals surface area contributed by atoms with Gasteiger partial charge < -0.3 is 20.3 Å². The van der Waals surface area contributed by atoms with Crippen molar-refractivity contribution in [3.8, 4) is 0 Å². The Hall–Kier alpha value is -1.40. The molecule has 3 atom stereocenters. The van der Waals surface area contributed by atoms with E-state index < -0.39 is 18.2 Å². The monoisotopic (exact) mass is 890 g/mol. The average molecular weight is 891 g/mol. The van der Waals surface area contributed by atoms with Gasteiger partial charge in [-0.25, -0.2) is 0 Å². The van der Waals surface area contributed by atoms with Gasteiger partial charge in [0, 0.05) is 6.42 Å². The Morgan fingerprint density at radius 2 is 0.762 bits per heavy atom. The van der Waals surface area contributed by atoms with Gasteiger partial charge in [-0.2, -0.15) is 0 Å². The highest BCUT2D eigenvalue weighted by Crippen LogP contribution is 2.19. The van der Waals surface area contributed by atoms with E-state index in [0.29, 0.717) is 19.3 Å². The topological polar surface area (TPSA) is 95.9 Å². The fourth-order valence-electron chi connectivity index (χ4n) is 9.02. The Morgan fingerprint density at radius 1 is 0.444 bits per heavy atom. The number of esters is 1. The highest BCUT2D eigenvalue weighted by molar-refractivity contribution is 5.77. The molecule has 0 fully saturated rings. The second-order valence-electron chi connectivity index (χ2n) is 19.7. The number of carbonyl (C=O) groups excluding carboxylic acids is 2. The minimum absolute atomic E-state index is 0.0819. The number of carbonyl (C=O) groups is 2. The summed E-state index contributed by atoms with van der Waals surface area (Å²) in [5.74, 6) is -0.462. The molecule has 0 aliphatic heterocycles. The van der Waals surface area contributed by atoms with Crippen LogP contribution >= 0.6 is 0 Å². The third kappa shape index (κ3) is 46.9. The highest BCUT2D eigenvalue weighted by atomic mass is 16.5. The smallest absolute Gasteiger partial charge is 0.306 e. The second-order valence-corrected chi connectivity index (χ2v) is 19.7. The van der Waals surface area contributed by atoms with Crippen molar-refractivity contribution in [3.63, 3.8) is 0 Å². The zero-order valence-electron chi connectivity index (χ0n) is 42.7. The van der Waals surface area contributed by atoms with Crippen LogP contribution in [0, 0.1) is 0 Å². The summed E-state index contributed by atoms with van der Waals surface area (Å²) in [5, 5.41) is 23.8. The number of ether oxygens (including phenoxy) is 1. The molecule has 0 radical (unpaired) electrons. The van der Waals surface area contributed by atoms with E-state index in [1.54, 1.807) is 0 Å². The molecule has 0 heterocycles.